The predicted octanol–water partition coefficient (Wildman–Crippen LogP) is 5.01. The first kappa shape index (κ1) is 13.2. The molecule has 0 saturated heterocycles. The fraction of sp³-hybridized carbons (Fsp3) is 0. The van der Waals surface area contributed by atoms with Crippen LogP contribution in [0.3, 0.4) is 0 Å². The van der Waals surface area contributed by atoms with Crippen LogP contribution in [0, 0.1) is 0 Å². The minimum Gasteiger partial charge on any atom is -0.478 e. The van der Waals surface area contributed by atoms with Gasteiger partial charge in [0.05, 0.1) is 5.56 Å². The number of hydrogen-bond donors (Lipinski definition) is 1. The van der Waals surface area contributed by atoms with E-state index in [1.165, 1.54) is 12.1 Å². The van der Waals surface area contributed by atoms with E-state index < -0.39 is 5.97 Å². The van der Waals surface area contributed by atoms with E-state index in [1.54, 1.807) is 24.3 Å². The van der Waals surface area contributed by atoms with Gasteiger partial charge < -0.3 is 5.11 Å². The Balaban J connectivity index is 2.69. The number of rotatable bonds is 2. The Morgan fingerprint density at radius 1 is 0.889 bits per heavy atom. The lowest BCUT2D eigenvalue weighted by molar-refractivity contribution is 0.0698. The highest BCUT2D eigenvalue weighted by atomic mass is 35.5. The summed E-state index contributed by atoms with van der Waals surface area (Å²) in [6, 6.07) is 9.42. The van der Waals surface area contributed by atoms with E-state index >= 15 is 0 Å². The third-order valence-corrected chi connectivity index (χ3v) is 3.22. The summed E-state index contributed by atoms with van der Waals surface area (Å²) in [7, 11) is 0. The van der Waals surface area contributed by atoms with Crippen LogP contribution < -0.4 is 0 Å². The second-order valence-corrected chi connectivity index (χ2v) is 4.90. The van der Waals surface area contributed by atoms with Crippen molar-refractivity contribution < 1.29 is 9.90 Å². The largest absolute Gasteiger partial charge is 0.478 e. The van der Waals surface area contributed by atoms with Gasteiger partial charge in [-0.2, -0.15) is 0 Å². The van der Waals surface area contributed by atoms with E-state index in [4.69, 9.17) is 39.9 Å². The van der Waals surface area contributed by atoms with Crippen molar-refractivity contribution >= 4 is 40.8 Å². The summed E-state index contributed by atoms with van der Waals surface area (Å²) in [6.07, 6.45) is 0. The van der Waals surface area contributed by atoms with Gasteiger partial charge in [0.15, 0.2) is 0 Å². The van der Waals surface area contributed by atoms with E-state index in [2.05, 4.69) is 0 Å². The van der Waals surface area contributed by atoms with Crippen molar-refractivity contribution in [3.05, 3.63) is 57.0 Å². The molecule has 0 fully saturated rings. The molecule has 1 N–H and O–H groups in total. The molecule has 92 valence electrons. The average molecular weight is 302 g/mol. The predicted molar refractivity (Wildman–Crippen MR) is 73.9 cm³/mol. The zero-order valence-electron chi connectivity index (χ0n) is 8.95. The maximum Gasteiger partial charge on any atom is 0.336 e. The summed E-state index contributed by atoms with van der Waals surface area (Å²) in [5.41, 5.74) is 1.20. The SMILES string of the molecule is O=C(O)c1ccc(Cl)cc1-c1ccc(Cl)cc1Cl. The van der Waals surface area contributed by atoms with Crippen molar-refractivity contribution in [2.45, 2.75) is 0 Å². The van der Waals surface area contributed by atoms with Crippen LogP contribution in [0.4, 0.5) is 0 Å². The van der Waals surface area contributed by atoms with E-state index in [9.17, 15) is 4.79 Å². The van der Waals surface area contributed by atoms with E-state index in [1.807, 2.05) is 0 Å². The smallest absolute Gasteiger partial charge is 0.336 e. The van der Waals surface area contributed by atoms with Crippen LogP contribution in [0.1, 0.15) is 10.4 Å². The Hall–Kier alpha value is -1.22. The van der Waals surface area contributed by atoms with E-state index in [-0.39, 0.29) is 5.56 Å². The van der Waals surface area contributed by atoms with Gasteiger partial charge in [-0.15, -0.1) is 0 Å². The number of carboxylic acids is 1. The molecule has 0 radical (unpaired) electrons. The van der Waals surface area contributed by atoms with Crippen LogP contribution in [-0.2, 0) is 0 Å². The van der Waals surface area contributed by atoms with Gasteiger partial charge >= 0.3 is 5.97 Å². The number of hydrogen-bond acceptors (Lipinski definition) is 1. The molecule has 0 bridgehead atoms. The first-order chi connectivity index (χ1) is 8.49. The molecule has 18 heavy (non-hydrogen) atoms. The molecule has 0 aliphatic rings. The van der Waals surface area contributed by atoms with Crippen molar-refractivity contribution in [2.75, 3.05) is 0 Å². The van der Waals surface area contributed by atoms with Gasteiger partial charge in [-0.3, -0.25) is 0 Å². The zero-order chi connectivity index (χ0) is 13.3. The van der Waals surface area contributed by atoms with Crippen LogP contribution in [0.25, 0.3) is 11.1 Å². The normalized spacial score (nSPS) is 10.4. The van der Waals surface area contributed by atoms with Gasteiger partial charge in [-0.25, -0.2) is 4.79 Å². The van der Waals surface area contributed by atoms with Crippen LogP contribution >= 0.6 is 34.8 Å². The summed E-state index contributed by atoms with van der Waals surface area (Å²) >= 11 is 17.8. The quantitative estimate of drug-likeness (QED) is 0.846. The lowest BCUT2D eigenvalue weighted by atomic mass is 10.00. The summed E-state index contributed by atoms with van der Waals surface area (Å²) in [4.78, 5) is 11.2. The Bertz CT molecular complexity index is 624. The number of benzene rings is 2. The monoisotopic (exact) mass is 300 g/mol. The molecule has 0 amide bonds. The van der Waals surface area contributed by atoms with Crippen LogP contribution in [-0.4, -0.2) is 11.1 Å². The highest BCUT2D eigenvalue weighted by Crippen LogP contribution is 2.34. The standard InChI is InChI=1S/C13H7Cl3O2/c14-7-2-4-10(13(17)18)11(5-7)9-3-1-8(15)6-12(9)16/h1-6H,(H,17,18). The lowest BCUT2D eigenvalue weighted by Crippen LogP contribution is -1.99. The third-order valence-electron chi connectivity index (χ3n) is 2.43. The molecule has 2 aromatic carbocycles. The first-order valence-corrected chi connectivity index (χ1v) is 6.10. The molecule has 0 aromatic heterocycles. The van der Waals surface area contributed by atoms with Crippen molar-refractivity contribution in [1.82, 2.24) is 0 Å². The number of carbonyl (C=O) groups is 1. The number of halogens is 3. The maximum absolute atomic E-state index is 11.2. The molecule has 0 spiro atoms. The number of carboxylic acid groups (broad SMARTS) is 1. The molecule has 2 rings (SSSR count). The average Bonchev–Trinajstić information content (AvgIpc) is 2.28. The summed E-state index contributed by atoms with van der Waals surface area (Å²) in [5.74, 6) is -1.03. The molecule has 0 aliphatic carbocycles. The Morgan fingerprint density at radius 3 is 2.11 bits per heavy atom. The van der Waals surface area contributed by atoms with Gasteiger partial charge in [0.1, 0.15) is 0 Å². The zero-order valence-corrected chi connectivity index (χ0v) is 11.2. The molecular formula is C13H7Cl3O2. The molecule has 0 aliphatic heterocycles. The van der Waals surface area contributed by atoms with Gasteiger partial charge in [-0.05, 0) is 35.9 Å². The fourth-order valence-electron chi connectivity index (χ4n) is 1.63. The van der Waals surface area contributed by atoms with Gasteiger partial charge in [0.25, 0.3) is 0 Å². The van der Waals surface area contributed by atoms with E-state index in [0.717, 1.165) is 0 Å². The van der Waals surface area contributed by atoms with Gasteiger partial charge in [-0.1, -0.05) is 40.9 Å². The van der Waals surface area contributed by atoms with E-state index in [0.29, 0.717) is 26.2 Å². The molecule has 2 aromatic rings. The van der Waals surface area contributed by atoms with Crippen molar-refractivity contribution in [2.24, 2.45) is 0 Å². The highest BCUT2D eigenvalue weighted by Gasteiger charge is 2.14. The topological polar surface area (TPSA) is 37.3 Å². The summed E-state index contributed by atoms with van der Waals surface area (Å²) < 4.78 is 0. The van der Waals surface area contributed by atoms with Crippen LogP contribution in [0.2, 0.25) is 15.1 Å². The Morgan fingerprint density at radius 2 is 1.50 bits per heavy atom. The van der Waals surface area contributed by atoms with Crippen LogP contribution in [0.5, 0.6) is 0 Å². The molecule has 0 unspecified atom stereocenters. The third kappa shape index (κ3) is 2.61. The van der Waals surface area contributed by atoms with Gasteiger partial charge in [0.2, 0.25) is 0 Å². The molecular weight excluding hydrogens is 294 g/mol. The number of aromatic carboxylic acids is 1. The minimum atomic E-state index is -1.03. The Labute approximate surface area is 119 Å². The van der Waals surface area contributed by atoms with Crippen LogP contribution in [0.15, 0.2) is 36.4 Å². The first-order valence-electron chi connectivity index (χ1n) is 4.97. The molecule has 5 heteroatoms. The molecule has 0 heterocycles. The lowest BCUT2D eigenvalue weighted by Gasteiger charge is -2.09. The summed E-state index contributed by atoms with van der Waals surface area (Å²) in [5, 5.41) is 10.5. The second-order valence-electron chi connectivity index (χ2n) is 3.62. The molecule has 0 saturated carbocycles. The maximum atomic E-state index is 11.2. The van der Waals surface area contributed by atoms with Crippen molar-refractivity contribution in [3.8, 4) is 11.1 Å². The highest BCUT2D eigenvalue weighted by molar-refractivity contribution is 6.36. The van der Waals surface area contributed by atoms with Crippen molar-refractivity contribution in [3.63, 3.8) is 0 Å². The molecule has 0 atom stereocenters. The fourth-order valence-corrected chi connectivity index (χ4v) is 2.32. The molecule has 2 nitrogen and oxygen atoms in total. The van der Waals surface area contributed by atoms with Gasteiger partial charge in [0, 0.05) is 20.6 Å². The second kappa shape index (κ2) is 5.19. The minimum absolute atomic E-state index is 0.142. The van der Waals surface area contributed by atoms with Crippen molar-refractivity contribution in [1.29, 1.82) is 0 Å². The summed E-state index contributed by atoms with van der Waals surface area (Å²) in [6.45, 7) is 0. The Kier molecular flexibility index (Phi) is 3.81.